The van der Waals surface area contributed by atoms with Crippen LogP contribution in [0.5, 0.6) is 11.5 Å². The van der Waals surface area contributed by atoms with Crippen LogP contribution >= 0.6 is 0 Å². The minimum Gasteiger partial charge on any atom is -0.493 e. The van der Waals surface area contributed by atoms with Gasteiger partial charge in [0.1, 0.15) is 6.61 Å². The quantitative estimate of drug-likeness (QED) is 0.416. The van der Waals surface area contributed by atoms with Crippen molar-refractivity contribution in [1.82, 2.24) is 4.90 Å². The number of guanidine groups is 1. The number of nitrogens with zero attached hydrogens (tertiary/aromatic N) is 3. The largest absolute Gasteiger partial charge is 0.493 e. The molecule has 0 unspecified atom stereocenters. The van der Waals surface area contributed by atoms with E-state index in [0.717, 1.165) is 38.4 Å². The second kappa shape index (κ2) is 8.96. The summed E-state index contributed by atoms with van der Waals surface area (Å²) in [5.74, 6) is 1.25. The third kappa shape index (κ3) is 5.76. The van der Waals surface area contributed by atoms with Crippen LogP contribution in [0.2, 0.25) is 0 Å². The molecule has 0 bridgehead atoms. The van der Waals surface area contributed by atoms with Crippen LogP contribution < -0.4 is 20.9 Å². The molecule has 23 heavy (non-hydrogen) atoms. The Morgan fingerprint density at radius 1 is 1.30 bits per heavy atom. The predicted molar refractivity (Wildman–Crippen MR) is 89.2 cm³/mol. The van der Waals surface area contributed by atoms with Crippen molar-refractivity contribution < 1.29 is 14.2 Å². The Morgan fingerprint density at radius 3 is 2.78 bits per heavy atom. The molecule has 1 saturated heterocycles. The zero-order chi connectivity index (χ0) is 16.5. The SMILES string of the molecule is COc1cc(C=NN=C(N)N)ccc1OCCN1CCOCC1. The van der Waals surface area contributed by atoms with E-state index in [1.165, 1.54) is 0 Å². The van der Waals surface area contributed by atoms with E-state index >= 15 is 0 Å². The lowest BCUT2D eigenvalue weighted by Crippen LogP contribution is -2.38. The molecule has 126 valence electrons. The summed E-state index contributed by atoms with van der Waals surface area (Å²) in [4.78, 5) is 2.31. The number of nitrogens with two attached hydrogens (primary N) is 2. The zero-order valence-electron chi connectivity index (χ0n) is 13.3. The van der Waals surface area contributed by atoms with Gasteiger partial charge < -0.3 is 25.7 Å². The second-order valence-electron chi connectivity index (χ2n) is 4.98. The Kier molecular flexibility index (Phi) is 6.64. The minimum atomic E-state index is -0.0868. The van der Waals surface area contributed by atoms with Crippen LogP contribution in [0, 0.1) is 0 Å². The van der Waals surface area contributed by atoms with Crippen LogP contribution in [0.15, 0.2) is 28.4 Å². The molecule has 1 aromatic rings. The molecule has 8 heteroatoms. The van der Waals surface area contributed by atoms with E-state index in [0.29, 0.717) is 18.1 Å². The lowest BCUT2D eigenvalue weighted by molar-refractivity contribution is 0.0321. The van der Waals surface area contributed by atoms with Crippen molar-refractivity contribution in [3.8, 4) is 11.5 Å². The monoisotopic (exact) mass is 321 g/mol. The van der Waals surface area contributed by atoms with E-state index < -0.39 is 0 Å². The molecule has 0 saturated carbocycles. The van der Waals surface area contributed by atoms with Gasteiger partial charge in [-0.2, -0.15) is 5.10 Å². The van der Waals surface area contributed by atoms with Crippen LogP contribution in [-0.2, 0) is 4.74 Å². The first kappa shape index (κ1) is 17.0. The molecule has 0 radical (unpaired) electrons. The average Bonchev–Trinajstić information content (AvgIpc) is 2.56. The molecule has 8 nitrogen and oxygen atoms in total. The number of hydrogen-bond donors (Lipinski definition) is 2. The van der Waals surface area contributed by atoms with Gasteiger partial charge >= 0.3 is 0 Å². The fourth-order valence-corrected chi connectivity index (χ4v) is 2.16. The average molecular weight is 321 g/mol. The fourth-order valence-electron chi connectivity index (χ4n) is 2.16. The highest BCUT2D eigenvalue weighted by Crippen LogP contribution is 2.27. The van der Waals surface area contributed by atoms with Gasteiger partial charge in [-0.1, -0.05) is 0 Å². The maximum Gasteiger partial charge on any atom is 0.211 e. The molecule has 0 aromatic heterocycles. The predicted octanol–water partition coefficient (Wildman–Crippen LogP) is 0.0135. The van der Waals surface area contributed by atoms with Crippen molar-refractivity contribution in [1.29, 1.82) is 0 Å². The first-order chi connectivity index (χ1) is 11.2. The molecule has 0 spiro atoms. The Bertz CT molecular complexity index is 552. The van der Waals surface area contributed by atoms with Crippen LogP contribution in [0.4, 0.5) is 0 Å². The number of methoxy groups -OCH3 is 1. The summed E-state index contributed by atoms with van der Waals surface area (Å²) in [7, 11) is 1.60. The summed E-state index contributed by atoms with van der Waals surface area (Å²) >= 11 is 0. The van der Waals surface area contributed by atoms with E-state index in [1.54, 1.807) is 13.3 Å². The van der Waals surface area contributed by atoms with Gasteiger partial charge in [0.05, 0.1) is 26.5 Å². The molecule has 1 fully saturated rings. The third-order valence-corrected chi connectivity index (χ3v) is 3.34. The van der Waals surface area contributed by atoms with Gasteiger partial charge in [0.25, 0.3) is 0 Å². The van der Waals surface area contributed by atoms with Crippen molar-refractivity contribution in [3.63, 3.8) is 0 Å². The van der Waals surface area contributed by atoms with Crippen LogP contribution in [0.3, 0.4) is 0 Å². The van der Waals surface area contributed by atoms with Gasteiger partial charge in [0.2, 0.25) is 5.96 Å². The second-order valence-corrected chi connectivity index (χ2v) is 4.98. The van der Waals surface area contributed by atoms with E-state index in [-0.39, 0.29) is 5.96 Å². The lowest BCUT2D eigenvalue weighted by atomic mass is 10.2. The fraction of sp³-hybridized carbons (Fsp3) is 0.467. The molecule has 2 rings (SSSR count). The number of hydrogen-bond acceptors (Lipinski definition) is 6. The molecule has 0 atom stereocenters. The van der Waals surface area contributed by atoms with Crippen LogP contribution in [-0.4, -0.2) is 63.6 Å². The standard InChI is InChI=1S/C15H23N5O3/c1-21-14-10-12(11-18-19-15(16)17)2-3-13(14)23-9-6-20-4-7-22-8-5-20/h2-3,10-11H,4-9H2,1H3,(H4,16,17,19). The van der Waals surface area contributed by atoms with E-state index in [9.17, 15) is 0 Å². The zero-order valence-corrected chi connectivity index (χ0v) is 13.3. The Hall–Kier alpha value is -2.32. The van der Waals surface area contributed by atoms with Gasteiger partial charge in [0.15, 0.2) is 11.5 Å². The van der Waals surface area contributed by atoms with Crippen LogP contribution in [0.25, 0.3) is 0 Å². The lowest BCUT2D eigenvalue weighted by Gasteiger charge is -2.26. The van der Waals surface area contributed by atoms with Crippen molar-refractivity contribution in [3.05, 3.63) is 23.8 Å². The molecule has 1 aromatic carbocycles. The summed E-state index contributed by atoms with van der Waals surface area (Å²) < 4.78 is 16.5. The normalized spacial score (nSPS) is 15.5. The summed E-state index contributed by atoms with van der Waals surface area (Å²) in [5, 5.41) is 7.32. The number of ether oxygens (including phenoxy) is 3. The Labute approximate surface area is 135 Å². The van der Waals surface area contributed by atoms with Gasteiger partial charge in [-0.05, 0) is 23.8 Å². The third-order valence-electron chi connectivity index (χ3n) is 3.34. The van der Waals surface area contributed by atoms with Gasteiger partial charge in [-0.3, -0.25) is 4.90 Å². The molecule has 1 aliphatic rings. The Balaban J connectivity index is 1.90. The van der Waals surface area contributed by atoms with Crippen molar-refractivity contribution >= 4 is 12.2 Å². The molecule has 0 amide bonds. The highest BCUT2D eigenvalue weighted by molar-refractivity contribution is 5.82. The van der Waals surface area contributed by atoms with Crippen molar-refractivity contribution in [2.75, 3.05) is 46.6 Å². The van der Waals surface area contributed by atoms with E-state index in [4.69, 9.17) is 25.7 Å². The highest BCUT2D eigenvalue weighted by Gasteiger charge is 2.11. The first-order valence-electron chi connectivity index (χ1n) is 7.42. The van der Waals surface area contributed by atoms with E-state index in [1.807, 2.05) is 18.2 Å². The smallest absolute Gasteiger partial charge is 0.211 e. The maximum atomic E-state index is 5.81. The summed E-state index contributed by atoms with van der Waals surface area (Å²) in [5.41, 5.74) is 11.2. The topological polar surface area (TPSA) is 108 Å². The van der Waals surface area contributed by atoms with Crippen molar-refractivity contribution in [2.24, 2.45) is 21.7 Å². The van der Waals surface area contributed by atoms with Crippen LogP contribution in [0.1, 0.15) is 5.56 Å². The summed E-state index contributed by atoms with van der Waals surface area (Å²) in [6, 6.07) is 5.52. The van der Waals surface area contributed by atoms with Crippen molar-refractivity contribution in [2.45, 2.75) is 0 Å². The maximum absolute atomic E-state index is 5.81. The molecule has 1 aliphatic heterocycles. The van der Waals surface area contributed by atoms with Gasteiger partial charge in [-0.25, -0.2) is 0 Å². The first-order valence-corrected chi connectivity index (χ1v) is 7.42. The highest BCUT2D eigenvalue weighted by atomic mass is 16.5. The molecular formula is C15H23N5O3. The number of morpholine rings is 1. The number of rotatable bonds is 7. The summed E-state index contributed by atoms with van der Waals surface area (Å²) in [6.07, 6.45) is 1.54. The van der Waals surface area contributed by atoms with E-state index in [2.05, 4.69) is 15.1 Å². The molecule has 0 aliphatic carbocycles. The molecule has 4 N–H and O–H groups in total. The Morgan fingerprint density at radius 2 is 2.09 bits per heavy atom. The number of benzene rings is 1. The molecular weight excluding hydrogens is 298 g/mol. The summed E-state index contributed by atoms with van der Waals surface area (Å²) in [6.45, 7) is 4.92. The van der Waals surface area contributed by atoms with Gasteiger partial charge in [-0.15, -0.1) is 5.10 Å². The molecule has 1 heterocycles. The minimum absolute atomic E-state index is 0.0868. The van der Waals surface area contributed by atoms with Gasteiger partial charge in [0, 0.05) is 19.6 Å².